The van der Waals surface area contributed by atoms with Crippen molar-refractivity contribution in [3.63, 3.8) is 0 Å². The Bertz CT molecular complexity index is 793. The molecule has 2 N–H and O–H groups in total. The minimum Gasteiger partial charge on any atom is -0.444 e. The van der Waals surface area contributed by atoms with E-state index >= 15 is 0 Å². The number of ether oxygens (including phenoxy) is 1. The molecule has 9 nitrogen and oxygen atoms in total. The van der Waals surface area contributed by atoms with Crippen LogP contribution in [0.2, 0.25) is 0 Å². The molecular weight excluding hydrogens is 344 g/mol. The van der Waals surface area contributed by atoms with Gasteiger partial charge in [-0.3, -0.25) is 4.79 Å². The summed E-state index contributed by atoms with van der Waals surface area (Å²) in [7, 11) is 0. The van der Waals surface area contributed by atoms with Crippen LogP contribution in [0.3, 0.4) is 0 Å². The summed E-state index contributed by atoms with van der Waals surface area (Å²) in [4.78, 5) is 26.5. The summed E-state index contributed by atoms with van der Waals surface area (Å²) in [6.07, 6.45) is 0.294. The normalized spacial score (nSPS) is 14.2. The highest BCUT2D eigenvalue weighted by Crippen LogP contribution is 2.42. The lowest BCUT2D eigenvalue weighted by atomic mass is 10.0. The molecule has 3 rings (SSSR count). The third-order valence-corrected chi connectivity index (χ3v) is 4.70. The van der Waals surface area contributed by atoms with Crippen molar-refractivity contribution < 1.29 is 14.3 Å². The van der Waals surface area contributed by atoms with Crippen molar-refractivity contribution in [2.75, 3.05) is 11.9 Å². The van der Waals surface area contributed by atoms with Crippen LogP contribution in [0.5, 0.6) is 0 Å². The van der Waals surface area contributed by atoms with Gasteiger partial charge in [0, 0.05) is 18.3 Å². The van der Waals surface area contributed by atoms with E-state index in [0.717, 1.165) is 16.0 Å². The number of amides is 2. The smallest absolute Gasteiger partial charge is 0.410 e. The van der Waals surface area contributed by atoms with Gasteiger partial charge in [0.2, 0.25) is 11.7 Å². The van der Waals surface area contributed by atoms with E-state index < -0.39 is 5.60 Å². The zero-order chi connectivity index (χ0) is 18.2. The monoisotopic (exact) mass is 364 g/mol. The molecule has 0 saturated heterocycles. The highest BCUT2D eigenvalue weighted by Gasteiger charge is 2.31. The molecular formula is C15H20N6O3S. The minimum absolute atomic E-state index is 0.174. The summed E-state index contributed by atoms with van der Waals surface area (Å²) >= 11 is 1.42. The van der Waals surface area contributed by atoms with Crippen LogP contribution in [-0.4, -0.2) is 49.7 Å². The number of aromatic amines is 1. The second-order valence-electron chi connectivity index (χ2n) is 6.78. The fourth-order valence-corrected chi connectivity index (χ4v) is 3.94. The molecule has 10 heteroatoms. The van der Waals surface area contributed by atoms with Crippen LogP contribution in [0.25, 0.3) is 11.4 Å². The largest absolute Gasteiger partial charge is 0.444 e. The van der Waals surface area contributed by atoms with Gasteiger partial charge in [-0.2, -0.15) is 5.21 Å². The number of rotatable bonds is 2. The number of H-pyrrole nitrogens is 1. The average molecular weight is 364 g/mol. The molecule has 25 heavy (non-hydrogen) atoms. The van der Waals surface area contributed by atoms with Gasteiger partial charge in [0.15, 0.2) is 0 Å². The van der Waals surface area contributed by atoms with E-state index in [1.807, 2.05) is 20.8 Å². The highest BCUT2D eigenvalue weighted by molar-refractivity contribution is 7.17. The molecule has 0 unspecified atom stereocenters. The number of aromatic nitrogens is 4. The Morgan fingerprint density at radius 2 is 2.12 bits per heavy atom. The molecule has 0 bridgehead atoms. The van der Waals surface area contributed by atoms with Crippen LogP contribution in [0.4, 0.5) is 9.80 Å². The Hall–Kier alpha value is -2.49. The van der Waals surface area contributed by atoms with Gasteiger partial charge in [0.1, 0.15) is 10.6 Å². The Labute approximate surface area is 148 Å². The number of carbonyl (C=O) groups excluding carboxylic acids is 2. The number of carbonyl (C=O) groups is 2. The summed E-state index contributed by atoms with van der Waals surface area (Å²) in [5, 5.41) is 17.6. The van der Waals surface area contributed by atoms with Gasteiger partial charge in [-0.1, -0.05) is 0 Å². The van der Waals surface area contributed by atoms with E-state index in [1.165, 1.54) is 18.3 Å². The second-order valence-corrected chi connectivity index (χ2v) is 7.88. The van der Waals surface area contributed by atoms with Gasteiger partial charge in [0.25, 0.3) is 0 Å². The zero-order valence-corrected chi connectivity index (χ0v) is 15.4. The first kappa shape index (κ1) is 17.3. The van der Waals surface area contributed by atoms with Crippen molar-refractivity contribution in [2.45, 2.75) is 46.3 Å². The quantitative estimate of drug-likeness (QED) is 0.844. The molecule has 2 aromatic rings. The van der Waals surface area contributed by atoms with E-state index in [4.69, 9.17) is 4.74 Å². The second kappa shape index (κ2) is 6.43. The van der Waals surface area contributed by atoms with Crippen LogP contribution in [0.15, 0.2) is 0 Å². The summed E-state index contributed by atoms with van der Waals surface area (Å²) in [6.45, 7) is 7.94. The predicted octanol–water partition coefficient (Wildman–Crippen LogP) is 2.18. The molecule has 2 aromatic heterocycles. The van der Waals surface area contributed by atoms with Crippen molar-refractivity contribution in [1.82, 2.24) is 25.5 Å². The number of tetrazole rings is 1. The summed E-state index contributed by atoms with van der Waals surface area (Å²) in [5.74, 6) is 0.263. The third kappa shape index (κ3) is 3.78. The number of fused-ring (bicyclic) bond motifs is 1. The van der Waals surface area contributed by atoms with Crippen LogP contribution < -0.4 is 5.32 Å². The molecule has 0 saturated carbocycles. The number of thiophene rings is 1. The topological polar surface area (TPSA) is 113 Å². The molecule has 1 aliphatic heterocycles. The molecule has 0 atom stereocenters. The molecule has 2 amide bonds. The first-order chi connectivity index (χ1) is 11.7. The Kier molecular flexibility index (Phi) is 4.46. The standard InChI is InChI=1S/C15H20N6O3S/c1-8(22)16-13-11(12-17-19-20-18-12)9-5-6-21(7-10(9)25-13)14(23)24-15(2,3)4/h5-7H2,1-4H3,(H,16,22)(H,17,18,19,20). The fourth-order valence-electron chi connectivity index (χ4n) is 2.64. The third-order valence-electron chi connectivity index (χ3n) is 3.57. The summed E-state index contributed by atoms with van der Waals surface area (Å²) in [5.41, 5.74) is 1.27. The average Bonchev–Trinajstić information content (AvgIpc) is 3.10. The molecule has 0 spiro atoms. The van der Waals surface area contributed by atoms with Crippen LogP contribution in [0.1, 0.15) is 38.1 Å². The number of hydrogen-bond donors (Lipinski definition) is 2. The van der Waals surface area contributed by atoms with Crippen molar-refractivity contribution in [3.05, 3.63) is 10.4 Å². The molecule has 0 fully saturated rings. The predicted molar refractivity (Wildman–Crippen MR) is 92.1 cm³/mol. The van der Waals surface area contributed by atoms with Gasteiger partial charge in [-0.15, -0.1) is 21.5 Å². The van der Waals surface area contributed by atoms with Crippen LogP contribution >= 0.6 is 11.3 Å². The first-order valence-electron chi connectivity index (χ1n) is 7.88. The zero-order valence-electron chi connectivity index (χ0n) is 14.5. The first-order valence-corrected chi connectivity index (χ1v) is 8.70. The van der Waals surface area contributed by atoms with Crippen LogP contribution in [0, 0.1) is 0 Å². The minimum atomic E-state index is -0.538. The van der Waals surface area contributed by atoms with Gasteiger partial charge in [0.05, 0.1) is 12.1 Å². The molecule has 3 heterocycles. The fraction of sp³-hybridized carbons (Fsp3) is 0.533. The van der Waals surface area contributed by atoms with E-state index in [0.29, 0.717) is 30.3 Å². The van der Waals surface area contributed by atoms with E-state index in [2.05, 4.69) is 25.9 Å². The Morgan fingerprint density at radius 3 is 2.72 bits per heavy atom. The van der Waals surface area contributed by atoms with Gasteiger partial charge in [-0.05, 0) is 38.0 Å². The lowest BCUT2D eigenvalue weighted by Crippen LogP contribution is -2.39. The summed E-state index contributed by atoms with van der Waals surface area (Å²) in [6, 6.07) is 0. The number of nitrogens with zero attached hydrogens (tertiary/aromatic N) is 4. The van der Waals surface area contributed by atoms with E-state index in [-0.39, 0.29) is 12.0 Å². The molecule has 0 aromatic carbocycles. The van der Waals surface area contributed by atoms with Crippen molar-refractivity contribution in [3.8, 4) is 11.4 Å². The maximum Gasteiger partial charge on any atom is 0.410 e. The molecule has 134 valence electrons. The van der Waals surface area contributed by atoms with Gasteiger partial charge in [-0.25, -0.2) is 4.79 Å². The van der Waals surface area contributed by atoms with E-state index in [1.54, 1.807) is 4.90 Å². The number of nitrogens with one attached hydrogen (secondary N) is 2. The van der Waals surface area contributed by atoms with Gasteiger partial charge < -0.3 is 15.0 Å². The Balaban J connectivity index is 1.90. The molecule has 1 aliphatic rings. The Morgan fingerprint density at radius 1 is 1.36 bits per heavy atom. The lowest BCUT2D eigenvalue weighted by Gasteiger charge is -2.30. The summed E-state index contributed by atoms with van der Waals surface area (Å²) < 4.78 is 5.45. The molecule has 0 radical (unpaired) electrons. The van der Waals surface area contributed by atoms with E-state index in [9.17, 15) is 9.59 Å². The maximum atomic E-state index is 12.3. The number of anilines is 1. The van der Waals surface area contributed by atoms with Crippen molar-refractivity contribution in [2.24, 2.45) is 0 Å². The van der Waals surface area contributed by atoms with Crippen molar-refractivity contribution >= 4 is 28.3 Å². The van der Waals surface area contributed by atoms with Crippen LogP contribution in [-0.2, 0) is 22.5 Å². The van der Waals surface area contributed by atoms with Gasteiger partial charge >= 0.3 is 6.09 Å². The number of hydrogen-bond acceptors (Lipinski definition) is 7. The lowest BCUT2D eigenvalue weighted by molar-refractivity contribution is -0.114. The SMILES string of the molecule is CC(=O)Nc1sc2c(c1-c1nn[nH]n1)CCN(C(=O)OC(C)(C)C)C2. The molecule has 0 aliphatic carbocycles. The maximum absolute atomic E-state index is 12.3. The highest BCUT2D eigenvalue weighted by atomic mass is 32.1. The van der Waals surface area contributed by atoms with Crippen molar-refractivity contribution in [1.29, 1.82) is 0 Å².